The van der Waals surface area contributed by atoms with E-state index in [0.717, 1.165) is 29.0 Å². The van der Waals surface area contributed by atoms with Gasteiger partial charge in [-0.15, -0.1) is 0 Å². The average molecular weight is 610 g/mol. The number of rotatable bonds is 8. The number of nitrogens with one attached hydrogen (secondary N) is 1. The van der Waals surface area contributed by atoms with E-state index < -0.39 is 27.4 Å². The molecule has 0 radical (unpaired) electrons. The van der Waals surface area contributed by atoms with Crippen molar-refractivity contribution in [2.75, 3.05) is 18.4 Å². The molecule has 1 aliphatic heterocycles. The second kappa shape index (κ2) is 11.2. The molecular formula is C27H27F4N5O3S2. The first-order chi connectivity index (χ1) is 19.3. The summed E-state index contributed by atoms with van der Waals surface area (Å²) in [5, 5.41) is 14.6. The summed E-state index contributed by atoms with van der Waals surface area (Å²) in [7, 11) is -3.86. The van der Waals surface area contributed by atoms with E-state index in [1.165, 1.54) is 34.8 Å². The van der Waals surface area contributed by atoms with Gasteiger partial charge in [0, 0.05) is 25.3 Å². The Bertz CT molecular complexity index is 1590. The normalized spacial score (nSPS) is 16.9. The van der Waals surface area contributed by atoms with Gasteiger partial charge in [-0.2, -0.15) is 17.5 Å². The summed E-state index contributed by atoms with van der Waals surface area (Å²) >= 11 is 0.888. The summed E-state index contributed by atoms with van der Waals surface area (Å²) < 4.78 is 81.5. The number of anilines is 2. The van der Waals surface area contributed by atoms with Crippen LogP contribution in [0, 0.1) is 11.7 Å². The van der Waals surface area contributed by atoms with E-state index in [2.05, 4.69) is 15.3 Å². The van der Waals surface area contributed by atoms with Crippen LogP contribution in [-0.2, 0) is 28.3 Å². The van der Waals surface area contributed by atoms with Gasteiger partial charge < -0.3 is 15.0 Å². The Balaban J connectivity index is 1.22. The monoisotopic (exact) mass is 609 g/mol. The molecule has 0 amide bonds. The number of imidazole rings is 1. The minimum atomic E-state index is -4.45. The number of benzene rings is 2. The third-order valence-electron chi connectivity index (χ3n) is 7.29. The van der Waals surface area contributed by atoms with Gasteiger partial charge in [-0.3, -0.25) is 0 Å². The fraction of sp³-hybridized carbons (Fsp3) is 0.333. The lowest BCUT2D eigenvalue weighted by molar-refractivity contribution is -0.137. The molecule has 3 heterocycles. The van der Waals surface area contributed by atoms with Crippen molar-refractivity contribution in [3.63, 3.8) is 0 Å². The van der Waals surface area contributed by atoms with Gasteiger partial charge in [0.25, 0.3) is 10.0 Å². The van der Waals surface area contributed by atoms with Crippen molar-refractivity contribution in [2.45, 2.75) is 42.3 Å². The summed E-state index contributed by atoms with van der Waals surface area (Å²) in [4.78, 5) is 8.29. The van der Waals surface area contributed by atoms with E-state index in [9.17, 15) is 31.1 Å². The Kier molecular flexibility index (Phi) is 7.94. The molecule has 0 bridgehead atoms. The zero-order chi connectivity index (χ0) is 29.4. The molecule has 0 aliphatic carbocycles. The standard InChI is InChI=1S/C27H27F4N5O3S2/c1-26(37,23-14-32-17-35(23)16-18-2-6-21(28)7-3-18)19-10-12-36(13-11-19)41(38,39)24-15-33-25(40-24)34-22-8-4-20(5-9-22)27(29,30)31/h2-9,14-15,17,19,37H,10-13,16H2,1H3,(H,33,34). The summed E-state index contributed by atoms with van der Waals surface area (Å²) in [6, 6.07) is 10.4. The van der Waals surface area contributed by atoms with Crippen LogP contribution in [0.15, 0.2) is 71.5 Å². The van der Waals surface area contributed by atoms with Crippen LogP contribution < -0.4 is 5.32 Å². The quantitative estimate of drug-likeness (QED) is 0.253. The maximum atomic E-state index is 13.3. The van der Waals surface area contributed by atoms with Gasteiger partial charge >= 0.3 is 6.18 Å². The van der Waals surface area contributed by atoms with E-state index in [1.807, 2.05) is 0 Å². The molecule has 0 saturated carbocycles. The van der Waals surface area contributed by atoms with Gasteiger partial charge in [0.15, 0.2) is 9.34 Å². The van der Waals surface area contributed by atoms with Crippen molar-refractivity contribution < 1.29 is 31.1 Å². The molecule has 1 aliphatic rings. The second-order valence-corrected chi connectivity index (χ2v) is 13.2. The highest BCUT2D eigenvalue weighted by molar-refractivity contribution is 7.91. The van der Waals surface area contributed by atoms with Crippen LogP contribution in [-0.4, -0.2) is 45.5 Å². The Morgan fingerprint density at radius 2 is 1.71 bits per heavy atom. The Morgan fingerprint density at radius 1 is 1.05 bits per heavy atom. The number of sulfonamides is 1. The van der Waals surface area contributed by atoms with Crippen molar-refractivity contribution in [2.24, 2.45) is 5.92 Å². The molecule has 218 valence electrons. The third kappa shape index (κ3) is 6.30. The van der Waals surface area contributed by atoms with Crippen LogP contribution in [0.2, 0.25) is 0 Å². The third-order valence-corrected chi connectivity index (χ3v) is 10.5. The number of thiazole rings is 1. The van der Waals surface area contributed by atoms with Gasteiger partial charge in [0.1, 0.15) is 11.4 Å². The van der Waals surface area contributed by atoms with Crippen LogP contribution in [0.4, 0.5) is 28.4 Å². The van der Waals surface area contributed by atoms with Crippen LogP contribution in [0.25, 0.3) is 0 Å². The lowest BCUT2D eigenvalue weighted by Crippen LogP contribution is -2.44. The average Bonchev–Trinajstić information content (AvgIpc) is 3.60. The first kappa shape index (κ1) is 29.2. The summed E-state index contributed by atoms with van der Waals surface area (Å²) in [5.41, 5.74) is -0.290. The number of halogens is 4. The molecule has 2 N–H and O–H groups in total. The minimum Gasteiger partial charge on any atom is -0.384 e. The van der Waals surface area contributed by atoms with Crippen LogP contribution in [0.1, 0.15) is 36.6 Å². The molecule has 0 spiro atoms. The number of hydrogen-bond donors (Lipinski definition) is 2. The van der Waals surface area contributed by atoms with Gasteiger partial charge in [-0.25, -0.2) is 22.8 Å². The predicted molar refractivity (Wildman–Crippen MR) is 146 cm³/mol. The fourth-order valence-corrected chi connectivity index (χ4v) is 7.63. The van der Waals surface area contributed by atoms with E-state index in [0.29, 0.717) is 30.8 Å². The molecule has 4 aromatic rings. The molecule has 14 heteroatoms. The lowest BCUT2D eigenvalue weighted by atomic mass is 9.80. The molecule has 1 unspecified atom stereocenters. The van der Waals surface area contributed by atoms with E-state index in [1.54, 1.807) is 36.1 Å². The molecule has 1 fully saturated rings. The first-order valence-corrected chi connectivity index (χ1v) is 15.0. The van der Waals surface area contributed by atoms with Crippen LogP contribution in [0.3, 0.4) is 0 Å². The topological polar surface area (TPSA) is 100 Å². The molecule has 2 aromatic heterocycles. The number of aliphatic hydroxyl groups is 1. The number of aromatic nitrogens is 3. The molecule has 5 rings (SSSR count). The first-order valence-electron chi connectivity index (χ1n) is 12.7. The van der Waals surface area contributed by atoms with Crippen LogP contribution in [0.5, 0.6) is 0 Å². The Morgan fingerprint density at radius 3 is 2.34 bits per heavy atom. The summed E-state index contributed by atoms with van der Waals surface area (Å²) in [5.74, 6) is -0.575. The van der Waals surface area contributed by atoms with Crippen LogP contribution >= 0.6 is 11.3 Å². The van der Waals surface area contributed by atoms with E-state index in [4.69, 9.17) is 0 Å². The van der Waals surface area contributed by atoms with Gasteiger partial charge in [-0.1, -0.05) is 23.5 Å². The van der Waals surface area contributed by atoms with Gasteiger partial charge in [0.05, 0.1) is 30.0 Å². The largest absolute Gasteiger partial charge is 0.416 e. The zero-order valence-electron chi connectivity index (χ0n) is 21.8. The zero-order valence-corrected chi connectivity index (χ0v) is 23.5. The molecule has 2 aromatic carbocycles. The second-order valence-electron chi connectivity index (χ2n) is 10.0. The molecule has 8 nitrogen and oxygen atoms in total. The lowest BCUT2D eigenvalue weighted by Gasteiger charge is -2.39. The molecule has 41 heavy (non-hydrogen) atoms. The van der Waals surface area contributed by atoms with Crippen molar-refractivity contribution in [3.8, 4) is 0 Å². The van der Waals surface area contributed by atoms with Gasteiger partial charge in [0.2, 0.25) is 0 Å². The maximum Gasteiger partial charge on any atom is 0.416 e. The summed E-state index contributed by atoms with van der Waals surface area (Å²) in [6.45, 7) is 2.47. The Hall–Kier alpha value is -3.33. The number of nitrogens with zero attached hydrogens (tertiary/aromatic N) is 4. The predicted octanol–water partition coefficient (Wildman–Crippen LogP) is 5.60. The molecule has 1 saturated heterocycles. The van der Waals surface area contributed by atoms with E-state index in [-0.39, 0.29) is 34.2 Å². The molecular weight excluding hydrogens is 582 g/mol. The molecule has 1 atom stereocenters. The highest BCUT2D eigenvalue weighted by Gasteiger charge is 2.41. The van der Waals surface area contributed by atoms with E-state index >= 15 is 0 Å². The van der Waals surface area contributed by atoms with Crippen molar-refractivity contribution >= 4 is 32.2 Å². The number of piperidine rings is 1. The van der Waals surface area contributed by atoms with Crippen molar-refractivity contribution in [3.05, 3.63) is 89.9 Å². The highest BCUT2D eigenvalue weighted by atomic mass is 32.2. The van der Waals surface area contributed by atoms with Gasteiger partial charge in [-0.05, 0) is 67.6 Å². The number of alkyl halides is 3. The highest BCUT2D eigenvalue weighted by Crippen LogP contribution is 2.38. The summed E-state index contributed by atoms with van der Waals surface area (Å²) in [6.07, 6.45) is 0.782. The van der Waals surface area contributed by atoms with Crippen molar-refractivity contribution in [1.82, 2.24) is 18.8 Å². The SMILES string of the molecule is CC(O)(c1cncn1Cc1ccc(F)cc1)C1CCN(S(=O)(=O)c2cnc(Nc3ccc(C(F)(F)F)cc3)s2)CC1. The maximum absolute atomic E-state index is 13.3. The number of hydrogen-bond acceptors (Lipinski definition) is 7. The Labute approximate surface area is 238 Å². The van der Waals surface area contributed by atoms with Crippen molar-refractivity contribution in [1.29, 1.82) is 0 Å². The minimum absolute atomic E-state index is 0.00879. The fourth-order valence-electron chi connectivity index (χ4n) is 4.95. The smallest absolute Gasteiger partial charge is 0.384 e.